The van der Waals surface area contributed by atoms with Crippen LogP contribution in [0.3, 0.4) is 0 Å². The van der Waals surface area contributed by atoms with Crippen molar-refractivity contribution in [3.8, 4) is 0 Å². The smallest absolute Gasteiger partial charge is 0.303 e. The second-order valence-electron chi connectivity index (χ2n) is 2.26. The van der Waals surface area contributed by atoms with Crippen molar-refractivity contribution in [3.05, 3.63) is 0 Å². The van der Waals surface area contributed by atoms with Gasteiger partial charge >= 0.3 is 5.97 Å². The average Bonchev–Trinajstić information content (AvgIpc) is 2.03. The van der Waals surface area contributed by atoms with Crippen LogP contribution in [0.4, 0.5) is 0 Å². The first-order valence-electron chi connectivity index (χ1n) is 3.59. The molecule has 0 aromatic rings. The molecule has 0 aromatic heterocycles. The van der Waals surface area contributed by atoms with Crippen molar-refractivity contribution < 1.29 is 14.7 Å². The number of hydrazone groups is 1. The molecule has 0 saturated heterocycles. The minimum atomic E-state index is -0.813. The molecule has 0 saturated carbocycles. The lowest BCUT2D eigenvalue weighted by Gasteiger charge is -1.99. The molecule has 68 valence electrons. The summed E-state index contributed by atoms with van der Waals surface area (Å²) in [5.41, 5.74) is 0. The Labute approximate surface area is 70.7 Å². The molecule has 0 fully saturated rings. The van der Waals surface area contributed by atoms with Crippen LogP contribution >= 0.6 is 0 Å². The van der Waals surface area contributed by atoms with Gasteiger partial charge in [-0.1, -0.05) is 0 Å². The molecule has 0 aliphatic rings. The molecular weight excluding hydrogens is 160 g/mol. The number of carboxylic acid groups (broad SMARTS) is 1. The van der Waals surface area contributed by atoms with Crippen LogP contribution < -0.4 is 0 Å². The Morgan fingerprint density at radius 1 is 1.67 bits per heavy atom. The Morgan fingerprint density at radius 2 is 2.33 bits per heavy atom. The van der Waals surface area contributed by atoms with E-state index in [0.717, 1.165) is 5.01 Å². The topological polar surface area (TPSA) is 70.0 Å². The average molecular weight is 172 g/mol. The molecule has 1 N–H and O–H groups in total. The molecule has 0 spiro atoms. The molecule has 0 radical (unpaired) electrons. The summed E-state index contributed by atoms with van der Waals surface area (Å²) in [7, 11) is 1.51. The van der Waals surface area contributed by atoms with E-state index >= 15 is 0 Å². The first-order valence-corrected chi connectivity index (χ1v) is 3.59. The third-order valence-electron chi connectivity index (χ3n) is 1.14. The highest BCUT2D eigenvalue weighted by molar-refractivity contribution is 5.67. The van der Waals surface area contributed by atoms with E-state index in [1.54, 1.807) is 0 Å². The standard InChI is InChI=1S/C7H12N2O3/c1-9(6-10)8-5-3-2-4-7(11)12/h5-6H,2-4H2,1H3,(H,11,12). The molecule has 1 amide bonds. The Bertz CT molecular complexity index is 179. The zero-order chi connectivity index (χ0) is 9.40. The predicted octanol–water partition coefficient (Wildman–Crippen LogP) is 0.315. The summed E-state index contributed by atoms with van der Waals surface area (Å²) in [4.78, 5) is 20.0. The summed E-state index contributed by atoms with van der Waals surface area (Å²) >= 11 is 0. The number of unbranched alkanes of at least 4 members (excludes halogenated alkanes) is 1. The molecule has 5 nitrogen and oxygen atoms in total. The van der Waals surface area contributed by atoms with E-state index in [-0.39, 0.29) is 6.42 Å². The van der Waals surface area contributed by atoms with Crippen molar-refractivity contribution in [1.82, 2.24) is 5.01 Å². The summed E-state index contributed by atoms with van der Waals surface area (Å²) in [6, 6.07) is 0. The van der Waals surface area contributed by atoms with Gasteiger partial charge in [0.15, 0.2) is 0 Å². The zero-order valence-electron chi connectivity index (χ0n) is 6.93. The van der Waals surface area contributed by atoms with E-state index in [1.165, 1.54) is 13.3 Å². The van der Waals surface area contributed by atoms with Crippen LogP contribution in [-0.2, 0) is 9.59 Å². The zero-order valence-corrected chi connectivity index (χ0v) is 6.93. The molecule has 0 aliphatic heterocycles. The van der Waals surface area contributed by atoms with Crippen molar-refractivity contribution in [2.24, 2.45) is 5.10 Å². The number of hydrogen-bond donors (Lipinski definition) is 1. The van der Waals surface area contributed by atoms with Gasteiger partial charge in [-0.3, -0.25) is 9.59 Å². The van der Waals surface area contributed by atoms with Crippen molar-refractivity contribution in [2.75, 3.05) is 7.05 Å². The summed E-state index contributed by atoms with van der Waals surface area (Å²) in [6.07, 6.45) is 3.36. The number of hydrogen-bond acceptors (Lipinski definition) is 3. The molecule has 0 unspecified atom stereocenters. The second-order valence-corrected chi connectivity index (χ2v) is 2.26. The predicted molar refractivity (Wildman–Crippen MR) is 43.8 cm³/mol. The summed E-state index contributed by atoms with van der Waals surface area (Å²) < 4.78 is 0. The SMILES string of the molecule is CN(C=O)N=CCCCC(=O)O. The maximum atomic E-state index is 10.0. The molecule has 0 heterocycles. The van der Waals surface area contributed by atoms with E-state index < -0.39 is 5.97 Å². The van der Waals surface area contributed by atoms with Crippen LogP contribution in [0.1, 0.15) is 19.3 Å². The molecule has 0 rings (SSSR count). The fourth-order valence-electron chi connectivity index (χ4n) is 0.558. The maximum absolute atomic E-state index is 10.0. The third-order valence-corrected chi connectivity index (χ3v) is 1.14. The van der Waals surface area contributed by atoms with Gasteiger partial charge in [-0.2, -0.15) is 5.10 Å². The van der Waals surface area contributed by atoms with Gasteiger partial charge in [-0.25, -0.2) is 5.01 Å². The third kappa shape index (κ3) is 6.73. The van der Waals surface area contributed by atoms with Crippen molar-refractivity contribution in [1.29, 1.82) is 0 Å². The normalized spacial score (nSPS) is 10.1. The monoisotopic (exact) mass is 172 g/mol. The van der Waals surface area contributed by atoms with Crippen LogP contribution in [0.25, 0.3) is 0 Å². The van der Waals surface area contributed by atoms with Gasteiger partial charge in [0.25, 0.3) is 0 Å². The van der Waals surface area contributed by atoms with Gasteiger partial charge in [-0.15, -0.1) is 0 Å². The van der Waals surface area contributed by atoms with Gasteiger partial charge in [0.05, 0.1) is 0 Å². The van der Waals surface area contributed by atoms with E-state index in [9.17, 15) is 9.59 Å². The highest BCUT2D eigenvalue weighted by Crippen LogP contribution is 1.92. The fraction of sp³-hybridized carbons (Fsp3) is 0.571. The number of carbonyl (C=O) groups is 2. The van der Waals surface area contributed by atoms with Crippen LogP contribution in [0.2, 0.25) is 0 Å². The number of rotatable bonds is 6. The highest BCUT2D eigenvalue weighted by atomic mass is 16.4. The molecule has 12 heavy (non-hydrogen) atoms. The van der Waals surface area contributed by atoms with E-state index in [4.69, 9.17) is 5.11 Å². The number of aliphatic carboxylic acids is 1. The van der Waals surface area contributed by atoms with Crippen LogP contribution in [-0.4, -0.2) is 35.8 Å². The molecular formula is C7H12N2O3. The number of amides is 1. The van der Waals surface area contributed by atoms with Crippen molar-refractivity contribution in [2.45, 2.75) is 19.3 Å². The van der Waals surface area contributed by atoms with Crippen molar-refractivity contribution >= 4 is 18.6 Å². The Morgan fingerprint density at radius 3 is 2.83 bits per heavy atom. The van der Waals surface area contributed by atoms with Gasteiger partial charge in [0, 0.05) is 19.7 Å². The summed E-state index contributed by atoms with van der Waals surface area (Å²) in [5.74, 6) is -0.813. The molecule has 0 atom stereocenters. The lowest BCUT2D eigenvalue weighted by Crippen LogP contribution is -2.07. The number of nitrogens with zero attached hydrogens (tertiary/aromatic N) is 2. The lowest BCUT2D eigenvalue weighted by atomic mass is 10.2. The minimum absolute atomic E-state index is 0.136. The summed E-state index contributed by atoms with van der Waals surface area (Å²) in [6.45, 7) is 0. The maximum Gasteiger partial charge on any atom is 0.303 e. The lowest BCUT2D eigenvalue weighted by molar-refractivity contribution is -0.137. The minimum Gasteiger partial charge on any atom is -0.481 e. The molecule has 0 aliphatic carbocycles. The van der Waals surface area contributed by atoms with E-state index in [0.29, 0.717) is 19.3 Å². The summed E-state index contributed by atoms with van der Waals surface area (Å²) in [5, 5.41) is 13.1. The number of carbonyl (C=O) groups excluding carboxylic acids is 1. The van der Waals surface area contributed by atoms with Crippen LogP contribution in [0.15, 0.2) is 5.10 Å². The molecule has 0 aromatic carbocycles. The Hall–Kier alpha value is -1.39. The first-order chi connectivity index (χ1) is 5.66. The van der Waals surface area contributed by atoms with Crippen LogP contribution in [0, 0.1) is 0 Å². The highest BCUT2D eigenvalue weighted by Gasteiger charge is 1.93. The largest absolute Gasteiger partial charge is 0.481 e. The Balaban J connectivity index is 3.36. The van der Waals surface area contributed by atoms with Gasteiger partial charge in [0.1, 0.15) is 0 Å². The van der Waals surface area contributed by atoms with E-state index in [1.807, 2.05) is 0 Å². The molecule has 0 bridgehead atoms. The Kier molecular flexibility index (Phi) is 5.60. The molecule has 5 heteroatoms. The quantitative estimate of drug-likeness (QED) is 0.271. The van der Waals surface area contributed by atoms with Crippen LogP contribution in [0.5, 0.6) is 0 Å². The van der Waals surface area contributed by atoms with E-state index in [2.05, 4.69) is 5.10 Å². The van der Waals surface area contributed by atoms with Gasteiger partial charge in [0.2, 0.25) is 6.41 Å². The fourth-order valence-corrected chi connectivity index (χ4v) is 0.558. The van der Waals surface area contributed by atoms with Gasteiger partial charge in [-0.05, 0) is 12.8 Å². The number of carboxylic acids is 1. The second kappa shape index (κ2) is 6.33. The first kappa shape index (κ1) is 10.6. The van der Waals surface area contributed by atoms with Crippen molar-refractivity contribution in [3.63, 3.8) is 0 Å². The van der Waals surface area contributed by atoms with Gasteiger partial charge < -0.3 is 5.11 Å².